The molecule has 0 radical (unpaired) electrons. The molecule has 0 bridgehead atoms. The van der Waals surface area contributed by atoms with Crippen molar-refractivity contribution in [3.05, 3.63) is 83.3 Å². The lowest BCUT2D eigenvalue weighted by Crippen LogP contribution is -2.32. The molecule has 1 aliphatic heterocycles. The van der Waals surface area contributed by atoms with Gasteiger partial charge in [-0.3, -0.25) is 4.79 Å². The maximum Gasteiger partial charge on any atom is 0.337 e. The van der Waals surface area contributed by atoms with Crippen molar-refractivity contribution in [3.8, 4) is 5.75 Å². The second-order valence-corrected chi connectivity index (χ2v) is 7.62. The first-order valence-corrected chi connectivity index (χ1v) is 10.5. The summed E-state index contributed by atoms with van der Waals surface area (Å²) in [6.07, 6.45) is 2.13. The van der Waals surface area contributed by atoms with Crippen LogP contribution in [0.5, 0.6) is 5.75 Å². The van der Waals surface area contributed by atoms with E-state index in [1.54, 1.807) is 37.6 Å². The van der Waals surface area contributed by atoms with Gasteiger partial charge in [0.25, 0.3) is 5.91 Å². The number of nitrogens with zero attached hydrogens (tertiary/aromatic N) is 2. The van der Waals surface area contributed by atoms with Gasteiger partial charge >= 0.3 is 5.97 Å². The van der Waals surface area contributed by atoms with Gasteiger partial charge in [0.2, 0.25) is 0 Å². The van der Waals surface area contributed by atoms with E-state index in [4.69, 9.17) is 13.9 Å². The number of ether oxygens (including phenoxy) is 2. The lowest BCUT2D eigenvalue weighted by atomic mass is 10.0. The molecule has 0 aliphatic carbocycles. The standard InChI is InChI=1S/C25H25N3O5/c1-16-13-18(25(30)32-3)8-11-20(16)26-15-24(29)28-22(23-5-4-12-33-23)14-21(27-28)17-6-9-19(31-2)10-7-17/h4-13,22,26H,14-15H2,1-3H3. The fraction of sp³-hybridized carbons (Fsp3) is 0.240. The molecule has 4 rings (SSSR count). The van der Waals surface area contributed by atoms with Crippen LogP contribution in [0, 0.1) is 6.92 Å². The molecule has 1 atom stereocenters. The topological polar surface area (TPSA) is 93.4 Å². The number of anilines is 1. The number of carbonyl (C=O) groups excluding carboxylic acids is 2. The molecule has 3 aromatic rings. The number of rotatable bonds is 7. The Hall–Kier alpha value is -4.07. The summed E-state index contributed by atoms with van der Waals surface area (Å²) < 4.78 is 15.6. The molecule has 33 heavy (non-hydrogen) atoms. The van der Waals surface area contributed by atoms with E-state index in [0.29, 0.717) is 17.7 Å². The number of hydrogen-bond acceptors (Lipinski definition) is 7. The Kier molecular flexibility index (Phi) is 6.44. The van der Waals surface area contributed by atoms with Gasteiger partial charge < -0.3 is 19.2 Å². The zero-order valence-electron chi connectivity index (χ0n) is 18.7. The Morgan fingerprint density at radius 1 is 1.15 bits per heavy atom. The van der Waals surface area contributed by atoms with E-state index < -0.39 is 5.97 Å². The molecule has 8 nitrogen and oxygen atoms in total. The lowest BCUT2D eigenvalue weighted by Gasteiger charge is -2.20. The van der Waals surface area contributed by atoms with Crippen molar-refractivity contribution < 1.29 is 23.5 Å². The first-order chi connectivity index (χ1) is 16.0. The Labute approximate surface area is 191 Å². The number of nitrogens with one attached hydrogen (secondary N) is 1. The number of hydrogen-bond donors (Lipinski definition) is 1. The normalized spacial score (nSPS) is 15.2. The van der Waals surface area contributed by atoms with Crippen molar-refractivity contribution in [1.29, 1.82) is 0 Å². The van der Waals surface area contributed by atoms with Crippen LogP contribution in [-0.4, -0.2) is 43.4 Å². The minimum absolute atomic E-state index is 0.0367. The highest BCUT2D eigenvalue weighted by Crippen LogP contribution is 2.33. The van der Waals surface area contributed by atoms with Gasteiger partial charge in [0.05, 0.1) is 38.3 Å². The smallest absolute Gasteiger partial charge is 0.337 e. The van der Waals surface area contributed by atoms with Crippen LogP contribution in [0.4, 0.5) is 5.69 Å². The van der Waals surface area contributed by atoms with E-state index in [0.717, 1.165) is 28.3 Å². The van der Waals surface area contributed by atoms with Gasteiger partial charge in [0.15, 0.2) is 0 Å². The summed E-state index contributed by atoms with van der Waals surface area (Å²) in [4.78, 5) is 24.9. The summed E-state index contributed by atoms with van der Waals surface area (Å²) >= 11 is 0. The summed E-state index contributed by atoms with van der Waals surface area (Å²) in [5, 5.41) is 9.26. The van der Waals surface area contributed by atoms with Crippen molar-refractivity contribution in [1.82, 2.24) is 5.01 Å². The summed E-state index contributed by atoms with van der Waals surface area (Å²) in [5.41, 5.74) is 3.76. The largest absolute Gasteiger partial charge is 0.497 e. The molecular formula is C25H25N3O5. The van der Waals surface area contributed by atoms with Crippen LogP contribution in [0.3, 0.4) is 0 Å². The first kappa shape index (κ1) is 22.1. The fourth-order valence-corrected chi connectivity index (χ4v) is 3.76. The number of esters is 1. The van der Waals surface area contributed by atoms with Crippen molar-refractivity contribution in [3.63, 3.8) is 0 Å². The first-order valence-electron chi connectivity index (χ1n) is 10.5. The van der Waals surface area contributed by atoms with Gasteiger partial charge in [0, 0.05) is 12.1 Å². The molecule has 0 spiro atoms. The van der Waals surface area contributed by atoms with Crippen LogP contribution >= 0.6 is 0 Å². The zero-order valence-corrected chi connectivity index (χ0v) is 18.7. The number of amides is 1. The van der Waals surface area contributed by atoms with Crippen molar-refractivity contribution >= 4 is 23.3 Å². The predicted octanol–water partition coefficient (Wildman–Crippen LogP) is 4.17. The van der Waals surface area contributed by atoms with E-state index in [1.165, 1.54) is 12.1 Å². The van der Waals surface area contributed by atoms with E-state index in [-0.39, 0.29) is 18.5 Å². The molecule has 1 amide bonds. The zero-order chi connectivity index (χ0) is 23.4. The predicted molar refractivity (Wildman–Crippen MR) is 123 cm³/mol. The lowest BCUT2D eigenvalue weighted by molar-refractivity contribution is -0.131. The average molecular weight is 447 g/mol. The average Bonchev–Trinajstić information content (AvgIpc) is 3.53. The SMILES string of the molecule is COC(=O)c1ccc(NCC(=O)N2N=C(c3ccc(OC)cc3)CC2c2ccco2)c(C)c1. The fourth-order valence-electron chi connectivity index (χ4n) is 3.76. The Morgan fingerprint density at radius 2 is 1.94 bits per heavy atom. The summed E-state index contributed by atoms with van der Waals surface area (Å²) in [5.74, 6) is 0.829. The second kappa shape index (κ2) is 9.60. The van der Waals surface area contributed by atoms with E-state index in [9.17, 15) is 9.59 Å². The third-order valence-electron chi connectivity index (χ3n) is 5.54. The van der Waals surface area contributed by atoms with Crippen molar-refractivity contribution in [2.24, 2.45) is 5.10 Å². The van der Waals surface area contributed by atoms with Crippen LogP contribution in [0.2, 0.25) is 0 Å². The minimum atomic E-state index is -0.403. The Bertz CT molecular complexity index is 1170. The maximum absolute atomic E-state index is 13.2. The Morgan fingerprint density at radius 3 is 2.58 bits per heavy atom. The van der Waals surface area contributed by atoms with Crippen molar-refractivity contribution in [2.75, 3.05) is 26.1 Å². The number of aryl methyl sites for hydroxylation is 1. The minimum Gasteiger partial charge on any atom is -0.497 e. The van der Waals surface area contributed by atoms with E-state index in [1.807, 2.05) is 37.3 Å². The van der Waals surface area contributed by atoms with Crippen LogP contribution in [0.15, 0.2) is 70.4 Å². The van der Waals surface area contributed by atoms with Gasteiger partial charge in [-0.2, -0.15) is 5.10 Å². The molecule has 0 saturated heterocycles. The molecule has 1 unspecified atom stereocenters. The highest BCUT2D eigenvalue weighted by molar-refractivity contribution is 6.03. The molecule has 2 heterocycles. The van der Waals surface area contributed by atoms with Gasteiger partial charge in [-0.1, -0.05) is 0 Å². The summed E-state index contributed by atoms with van der Waals surface area (Å²) in [7, 11) is 2.96. The molecular weight excluding hydrogens is 422 g/mol. The second-order valence-electron chi connectivity index (χ2n) is 7.62. The molecule has 1 N–H and O–H groups in total. The molecule has 170 valence electrons. The number of benzene rings is 2. The van der Waals surface area contributed by atoms with E-state index >= 15 is 0 Å². The third kappa shape index (κ3) is 4.74. The molecule has 0 saturated carbocycles. The van der Waals surface area contributed by atoms with E-state index in [2.05, 4.69) is 10.4 Å². The number of methoxy groups -OCH3 is 2. The monoisotopic (exact) mass is 447 g/mol. The third-order valence-corrected chi connectivity index (χ3v) is 5.54. The molecule has 0 fully saturated rings. The summed E-state index contributed by atoms with van der Waals surface area (Å²) in [6.45, 7) is 1.90. The molecule has 1 aromatic heterocycles. The van der Waals surface area contributed by atoms with Gasteiger partial charge in [0.1, 0.15) is 17.6 Å². The Balaban J connectivity index is 1.52. The highest BCUT2D eigenvalue weighted by atomic mass is 16.5. The van der Waals surface area contributed by atoms with Crippen LogP contribution in [0.1, 0.15) is 39.7 Å². The van der Waals surface area contributed by atoms with Crippen LogP contribution < -0.4 is 10.1 Å². The van der Waals surface area contributed by atoms with Gasteiger partial charge in [-0.05, 0) is 72.6 Å². The summed E-state index contributed by atoms with van der Waals surface area (Å²) in [6, 6.07) is 16.1. The maximum atomic E-state index is 13.2. The quantitative estimate of drug-likeness (QED) is 0.547. The van der Waals surface area contributed by atoms with Gasteiger partial charge in [-0.15, -0.1) is 0 Å². The number of hydrazone groups is 1. The van der Waals surface area contributed by atoms with Crippen molar-refractivity contribution in [2.45, 2.75) is 19.4 Å². The molecule has 1 aliphatic rings. The van der Waals surface area contributed by atoms with Crippen LogP contribution in [-0.2, 0) is 9.53 Å². The number of carbonyl (C=O) groups is 2. The van der Waals surface area contributed by atoms with Gasteiger partial charge in [-0.25, -0.2) is 9.80 Å². The number of furan rings is 1. The highest BCUT2D eigenvalue weighted by Gasteiger charge is 2.34. The molecule has 2 aromatic carbocycles. The molecule has 8 heteroatoms. The van der Waals surface area contributed by atoms with Crippen LogP contribution in [0.25, 0.3) is 0 Å².